The van der Waals surface area contributed by atoms with E-state index in [4.69, 9.17) is 0 Å². The molecule has 2 nitrogen and oxygen atoms in total. The third kappa shape index (κ3) is 3.55. The number of hydrogen-bond donors (Lipinski definition) is 1. The highest BCUT2D eigenvalue weighted by Gasteiger charge is 2.07. The Balaban J connectivity index is 2.00. The molecule has 1 unspecified atom stereocenters. The van der Waals surface area contributed by atoms with Gasteiger partial charge in [0.25, 0.3) is 0 Å². The zero-order chi connectivity index (χ0) is 12.3. The number of rotatable bonds is 4. The van der Waals surface area contributed by atoms with E-state index in [9.17, 15) is 5.11 Å². The van der Waals surface area contributed by atoms with Crippen LogP contribution in [0.1, 0.15) is 22.9 Å². The van der Waals surface area contributed by atoms with E-state index in [1.165, 1.54) is 4.90 Å². The second-order valence-corrected chi connectivity index (χ2v) is 6.57. The lowest BCUT2D eigenvalue weighted by Crippen LogP contribution is -1.83. The molecule has 2 aromatic rings. The fourth-order valence-corrected chi connectivity index (χ4v) is 3.71. The summed E-state index contributed by atoms with van der Waals surface area (Å²) in [4.78, 5) is 6.44. The molecule has 0 fully saturated rings. The minimum absolute atomic E-state index is 0.422. The Morgan fingerprint density at radius 2 is 2.24 bits per heavy atom. The quantitative estimate of drug-likeness (QED) is 0.851. The topological polar surface area (TPSA) is 33.1 Å². The molecule has 5 heteroatoms. The van der Waals surface area contributed by atoms with Crippen LogP contribution >= 0.6 is 39.0 Å². The number of halogens is 1. The second-order valence-electron chi connectivity index (χ2n) is 3.55. The van der Waals surface area contributed by atoms with E-state index in [0.717, 1.165) is 20.1 Å². The van der Waals surface area contributed by atoms with Crippen molar-refractivity contribution in [2.45, 2.75) is 23.7 Å². The zero-order valence-corrected chi connectivity index (χ0v) is 12.5. The average molecular weight is 330 g/mol. The van der Waals surface area contributed by atoms with Gasteiger partial charge in [-0.15, -0.1) is 23.1 Å². The first-order valence-electron chi connectivity index (χ1n) is 5.17. The van der Waals surface area contributed by atoms with Gasteiger partial charge >= 0.3 is 0 Å². The van der Waals surface area contributed by atoms with Gasteiger partial charge in [0.15, 0.2) is 0 Å². The van der Waals surface area contributed by atoms with Crippen LogP contribution in [0.25, 0.3) is 0 Å². The van der Waals surface area contributed by atoms with Crippen molar-refractivity contribution < 1.29 is 5.11 Å². The summed E-state index contributed by atoms with van der Waals surface area (Å²) in [5.74, 6) is 0.833. The molecule has 1 heterocycles. The summed E-state index contributed by atoms with van der Waals surface area (Å²) in [5, 5.41) is 10.5. The summed E-state index contributed by atoms with van der Waals surface area (Å²) >= 11 is 6.83. The molecule has 0 aliphatic carbocycles. The van der Waals surface area contributed by atoms with Gasteiger partial charge in [0.2, 0.25) is 0 Å². The van der Waals surface area contributed by atoms with Crippen LogP contribution in [0.4, 0.5) is 0 Å². The maximum atomic E-state index is 9.42. The van der Waals surface area contributed by atoms with Gasteiger partial charge in [-0.2, -0.15) is 0 Å². The van der Waals surface area contributed by atoms with Crippen molar-refractivity contribution in [2.24, 2.45) is 0 Å². The van der Waals surface area contributed by atoms with Crippen molar-refractivity contribution in [3.8, 4) is 0 Å². The SMILES string of the molecule is CC(O)c1cnc(CSc2ccccc2Br)s1. The van der Waals surface area contributed by atoms with Gasteiger partial charge in [-0.25, -0.2) is 4.98 Å². The molecule has 0 aliphatic rings. The lowest BCUT2D eigenvalue weighted by atomic mass is 10.4. The van der Waals surface area contributed by atoms with E-state index in [-0.39, 0.29) is 0 Å². The number of thioether (sulfide) groups is 1. The number of thiazole rings is 1. The van der Waals surface area contributed by atoms with E-state index in [1.54, 1.807) is 36.2 Å². The molecular weight excluding hydrogens is 318 g/mol. The average Bonchev–Trinajstić information content (AvgIpc) is 2.77. The van der Waals surface area contributed by atoms with Crippen molar-refractivity contribution in [2.75, 3.05) is 0 Å². The zero-order valence-electron chi connectivity index (χ0n) is 9.26. The highest BCUT2D eigenvalue weighted by Crippen LogP contribution is 2.31. The maximum Gasteiger partial charge on any atom is 0.103 e. The number of nitrogens with zero attached hydrogens (tertiary/aromatic N) is 1. The van der Waals surface area contributed by atoms with E-state index in [2.05, 4.69) is 27.0 Å². The van der Waals surface area contributed by atoms with Crippen LogP contribution < -0.4 is 0 Å². The lowest BCUT2D eigenvalue weighted by molar-refractivity contribution is 0.203. The molecule has 0 aliphatic heterocycles. The van der Waals surface area contributed by atoms with Crippen LogP contribution in [0, 0.1) is 0 Å². The number of aliphatic hydroxyl groups excluding tert-OH is 1. The molecule has 0 saturated carbocycles. The molecule has 0 amide bonds. The molecule has 90 valence electrons. The van der Waals surface area contributed by atoms with E-state index in [0.29, 0.717) is 0 Å². The summed E-state index contributed by atoms with van der Waals surface area (Å²) < 4.78 is 1.11. The number of benzene rings is 1. The van der Waals surface area contributed by atoms with Gasteiger partial charge in [0, 0.05) is 15.6 Å². The predicted octanol–water partition coefficient (Wildman–Crippen LogP) is 4.25. The first-order valence-corrected chi connectivity index (χ1v) is 7.76. The van der Waals surface area contributed by atoms with Crippen LogP contribution in [0.3, 0.4) is 0 Å². The number of aromatic nitrogens is 1. The Bertz CT molecular complexity index is 499. The van der Waals surface area contributed by atoms with Crippen molar-refractivity contribution in [1.82, 2.24) is 4.98 Å². The Labute approximate surface area is 117 Å². The van der Waals surface area contributed by atoms with Crippen molar-refractivity contribution >= 4 is 39.0 Å². The van der Waals surface area contributed by atoms with E-state index >= 15 is 0 Å². The molecule has 17 heavy (non-hydrogen) atoms. The number of aliphatic hydroxyl groups is 1. The molecule has 0 radical (unpaired) electrons. The second kappa shape index (κ2) is 6.00. The summed E-state index contributed by atoms with van der Waals surface area (Å²) in [6, 6.07) is 8.14. The Kier molecular flexibility index (Phi) is 4.62. The van der Waals surface area contributed by atoms with Crippen LogP contribution in [-0.4, -0.2) is 10.1 Å². The summed E-state index contributed by atoms with van der Waals surface area (Å²) in [7, 11) is 0. The molecule has 2 rings (SSSR count). The predicted molar refractivity (Wildman–Crippen MR) is 76.5 cm³/mol. The summed E-state index contributed by atoms with van der Waals surface area (Å²) in [6.45, 7) is 1.76. The molecule has 1 aromatic carbocycles. The van der Waals surface area contributed by atoms with Gasteiger partial charge in [0.05, 0.1) is 16.7 Å². The maximum absolute atomic E-state index is 9.42. The minimum Gasteiger partial charge on any atom is -0.388 e. The third-order valence-electron chi connectivity index (χ3n) is 2.17. The first-order chi connectivity index (χ1) is 8.16. The molecule has 1 atom stereocenters. The normalized spacial score (nSPS) is 12.6. The first kappa shape index (κ1) is 13.1. The van der Waals surface area contributed by atoms with E-state index < -0.39 is 6.10 Å². The Morgan fingerprint density at radius 3 is 2.88 bits per heavy atom. The fourth-order valence-electron chi connectivity index (χ4n) is 1.29. The highest BCUT2D eigenvalue weighted by atomic mass is 79.9. The largest absolute Gasteiger partial charge is 0.388 e. The van der Waals surface area contributed by atoms with Crippen molar-refractivity contribution in [1.29, 1.82) is 0 Å². The fraction of sp³-hybridized carbons (Fsp3) is 0.250. The minimum atomic E-state index is -0.422. The van der Waals surface area contributed by atoms with Gasteiger partial charge in [0.1, 0.15) is 5.01 Å². The van der Waals surface area contributed by atoms with Crippen molar-refractivity contribution in [3.05, 3.63) is 44.8 Å². The molecule has 0 bridgehead atoms. The van der Waals surface area contributed by atoms with Crippen molar-refractivity contribution in [3.63, 3.8) is 0 Å². The van der Waals surface area contributed by atoms with Gasteiger partial charge in [-0.05, 0) is 35.0 Å². The standard InChI is InChI=1S/C12H12BrNOS2/c1-8(15)11-6-14-12(17-11)7-16-10-5-3-2-4-9(10)13/h2-6,8,15H,7H2,1H3. The summed E-state index contributed by atoms with van der Waals surface area (Å²) in [6.07, 6.45) is 1.33. The van der Waals surface area contributed by atoms with Gasteiger partial charge in [-0.3, -0.25) is 0 Å². The van der Waals surface area contributed by atoms with Gasteiger partial charge in [-0.1, -0.05) is 12.1 Å². The Hall–Kier alpha value is -0.360. The van der Waals surface area contributed by atoms with Crippen LogP contribution in [0.5, 0.6) is 0 Å². The molecule has 0 saturated heterocycles. The molecule has 0 spiro atoms. The monoisotopic (exact) mass is 329 g/mol. The lowest BCUT2D eigenvalue weighted by Gasteiger charge is -2.01. The molecular formula is C12H12BrNOS2. The van der Waals surface area contributed by atoms with Gasteiger partial charge < -0.3 is 5.11 Å². The van der Waals surface area contributed by atoms with Crippen LogP contribution in [0.2, 0.25) is 0 Å². The third-order valence-corrected chi connectivity index (χ3v) is 5.56. The molecule has 1 N–H and O–H groups in total. The smallest absolute Gasteiger partial charge is 0.103 e. The highest BCUT2D eigenvalue weighted by molar-refractivity contribution is 9.10. The van der Waals surface area contributed by atoms with E-state index in [1.807, 2.05) is 18.2 Å². The Morgan fingerprint density at radius 1 is 1.47 bits per heavy atom. The summed E-state index contributed by atoms with van der Waals surface area (Å²) in [5.41, 5.74) is 0. The van der Waals surface area contributed by atoms with Crippen LogP contribution in [0.15, 0.2) is 39.8 Å². The van der Waals surface area contributed by atoms with Crippen LogP contribution in [-0.2, 0) is 5.75 Å². The molecule has 1 aromatic heterocycles. The number of hydrogen-bond acceptors (Lipinski definition) is 4.